The first-order valence-corrected chi connectivity index (χ1v) is 16.1. The Morgan fingerprint density at radius 1 is 1.13 bits per heavy atom. The van der Waals surface area contributed by atoms with Crippen molar-refractivity contribution in [1.29, 1.82) is 5.41 Å². The zero-order valence-corrected chi connectivity index (χ0v) is 28.1. The van der Waals surface area contributed by atoms with Crippen LogP contribution in [0.2, 0.25) is 0 Å². The van der Waals surface area contributed by atoms with E-state index in [1.165, 1.54) is 24.3 Å². The molecule has 2 amide bonds. The maximum absolute atomic E-state index is 13.2. The van der Waals surface area contributed by atoms with E-state index in [9.17, 15) is 9.59 Å². The van der Waals surface area contributed by atoms with Gasteiger partial charge in [-0.15, -0.1) is 0 Å². The summed E-state index contributed by atoms with van der Waals surface area (Å²) < 4.78 is 5.43. The average molecular weight is 632 g/mol. The molecule has 0 unspecified atom stereocenters. The van der Waals surface area contributed by atoms with Gasteiger partial charge in [0.25, 0.3) is 5.91 Å². The van der Waals surface area contributed by atoms with Crippen LogP contribution in [0.25, 0.3) is 16.5 Å². The summed E-state index contributed by atoms with van der Waals surface area (Å²) in [5, 5.41) is 11.5. The number of ether oxygens (including phenoxy) is 1. The number of nitrogens with two attached hydrogens (primary N) is 3. The average Bonchev–Trinajstić information content (AvgIpc) is 3.05. The number of amides is 2. The number of hydrogen-bond acceptors (Lipinski definition) is 8. The van der Waals surface area contributed by atoms with Crippen molar-refractivity contribution < 1.29 is 14.3 Å². The summed E-state index contributed by atoms with van der Waals surface area (Å²) in [5.41, 5.74) is 24.3. The number of nitrogens with zero attached hydrogens (tertiary/aromatic N) is 2. The summed E-state index contributed by atoms with van der Waals surface area (Å²) in [6, 6.07) is 3.80. The summed E-state index contributed by atoms with van der Waals surface area (Å²) in [4.78, 5) is 30.2. The summed E-state index contributed by atoms with van der Waals surface area (Å²) >= 11 is 0. The van der Waals surface area contributed by atoms with E-state index in [-0.39, 0.29) is 11.8 Å². The van der Waals surface area contributed by atoms with Crippen molar-refractivity contribution in [3.05, 3.63) is 76.7 Å². The van der Waals surface area contributed by atoms with Crippen LogP contribution < -0.4 is 22.5 Å². The molecule has 0 spiro atoms. The van der Waals surface area contributed by atoms with E-state index in [0.29, 0.717) is 50.8 Å². The van der Waals surface area contributed by atoms with Crippen LogP contribution >= 0.6 is 0 Å². The fraction of sp³-hybridized carbons (Fsp3) is 0.444. The lowest BCUT2D eigenvalue weighted by molar-refractivity contribution is -0.130. The molecular weight excluding hydrogens is 578 g/mol. The van der Waals surface area contributed by atoms with Gasteiger partial charge < -0.3 is 37.6 Å². The number of benzene rings is 1. The van der Waals surface area contributed by atoms with Gasteiger partial charge in [-0.1, -0.05) is 38.2 Å². The predicted molar refractivity (Wildman–Crippen MR) is 191 cm³/mol. The van der Waals surface area contributed by atoms with Crippen LogP contribution in [0.1, 0.15) is 75.8 Å². The third kappa shape index (κ3) is 11.3. The molecule has 1 aliphatic carbocycles. The summed E-state index contributed by atoms with van der Waals surface area (Å²) in [6.07, 6.45) is 15.5. The quantitative estimate of drug-likeness (QED) is 0.114. The number of hydrogen-bond donors (Lipinski definition) is 5. The minimum Gasteiger partial charge on any atom is -0.403 e. The Labute approximate surface area is 274 Å². The molecule has 2 aliphatic rings. The number of morpholine rings is 1. The number of fused-ring (bicyclic) bond motifs is 3. The van der Waals surface area contributed by atoms with Crippen LogP contribution in [0.5, 0.6) is 0 Å². The van der Waals surface area contributed by atoms with Gasteiger partial charge >= 0.3 is 0 Å². The standard InChI is InChI=1S/C29H36N4O2.C4H10N2O.C3H7N/c1-3-5-8-21(29(34)33-15-17-35-18-16-33)12-11-20(4-2)28-23-10-7-6-9-22(23)27-24(19-30)25(31)13-14-26(27)32-28;1-4(7)6-3-2-5;1-3(2)4/h4,8,11-14,19,30H,3,5-7,9-10,15-18,31H2,1-2H3;2-3,5H2,1H3,(H,6,7);1,4H2,2H3/b12-11-,20-4+,21-8-,30-19?;;. The smallest absolute Gasteiger partial charge is 0.253 e. The van der Waals surface area contributed by atoms with Gasteiger partial charge in [0.05, 0.1) is 24.4 Å². The summed E-state index contributed by atoms with van der Waals surface area (Å²) in [5.74, 6) is 0.0403. The highest BCUT2D eigenvalue weighted by atomic mass is 16.5. The molecule has 0 radical (unpaired) electrons. The Bertz CT molecular complexity index is 1450. The summed E-state index contributed by atoms with van der Waals surface area (Å²) in [6.45, 7) is 14.2. The number of pyridine rings is 1. The number of nitrogens with one attached hydrogen (secondary N) is 2. The molecule has 1 aliphatic heterocycles. The molecule has 10 nitrogen and oxygen atoms in total. The van der Waals surface area contributed by atoms with Gasteiger partial charge in [-0.2, -0.15) is 0 Å². The van der Waals surface area contributed by atoms with E-state index in [0.717, 1.165) is 71.8 Å². The molecule has 2 heterocycles. The van der Waals surface area contributed by atoms with Crippen molar-refractivity contribution in [3.63, 3.8) is 0 Å². The third-order valence-electron chi connectivity index (χ3n) is 7.43. The number of allylic oxidation sites excluding steroid dienone is 5. The van der Waals surface area contributed by atoms with E-state index >= 15 is 0 Å². The molecule has 4 rings (SSSR count). The zero-order valence-electron chi connectivity index (χ0n) is 28.1. The molecule has 1 aromatic carbocycles. The van der Waals surface area contributed by atoms with Crippen LogP contribution in [0, 0.1) is 5.41 Å². The monoisotopic (exact) mass is 631 g/mol. The highest BCUT2D eigenvalue weighted by molar-refractivity contribution is 6.05. The molecule has 1 saturated heterocycles. The molecular formula is C36H53N7O3. The number of aryl methyl sites for hydroxylation is 1. The van der Waals surface area contributed by atoms with Crippen molar-refractivity contribution in [1.82, 2.24) is 15.2 Å². The van der Waals surface area contributed by atoms with Crippen LogP contribution in [0.15, 0.2) is 54.3 Å². The van der Waals surface area contributed by atoms with Gasteiger partial charge in [0.2, 0.25) is 5.91 Å². The van der Waals surface area contributed by atoms with E-state index < -0.39 is 0 Å². The molecule has 1 fully saturated rings. The Kier molecular flexibility index (Phi) is 16.5. The number of carbonyl (C=O) groups excluding carboxylic acids is 2. The van der Waals surface area contributed by atoms with Gasteiger partial charge in [-0.05, 0) is 86.6 Å². The van der Waals surface area contributed by atoms with Crippen LogP contribution in [0.4, 0.5) is 5.69 Å². The second-order valence-electron chi connectivity index (χ2n) is 11.3. The third-order valence-corrected chi connectivity index (χ3v) is 7.43. The van der Waals surface area contributed by atoms with Crippen molar-refractivity contribution in [2.24, 2.45) is 11.5 Å². The molecule has 0 saturated carbocycles. The Balaban J connectivity index is 0.000000577. The number of carbonyl (C=O) groups is 2. The largest absolute Gasteiger partial charge is 0.403 e. The zero-order chi connectivity index (χ0) is 34.1. The van der Waals surface area contributed by atoms with Crippen molar-refractivity contribution >= 4 is 40.2 Å². The SMILES string of the molecule is C=C(C)N.CC(=O)NCCN.C\C=C(/C=C\C(=C\CCC)C(=O)N1CCOCC1)c1nc2ccc(N)c(C=N)c2c2c1CCCC2. The Hall–Kier alpha value is -4.28. The first-order valence-electron chi connectivity index (χ1n) is 16.1. The summed E-state index contributed by atoms with van der Waals surface area (Å²) in [7, 11) is 0. The highest BCUT2D eigenvalue weighted by Crippen LogP contribution is 2.36. The van der Waals surface area contributed by atoms with Gasteiger partial charge in [-0.3, -0.25) is 9.59 Å². The normalized spacial score (nSPS) is 14.8. The van der Waals surface area contributed by atoms with Gasteiger partial charge in [0.1, 0.15) is 0 Å². The first-order chi connectivity index (χ1) is 22.1. The van der Waals surface area contributed by atoms with E-state index in [2.05, 4.69) is 24.9 Å². The minimum atomic E-state index is -0.0227. The lowest BCUT2D eigenvalue weighted by Gasteiger charge is -2.27. The number of nitrogen functional groups attached to an aromatic ring is 1. The van der Waals surface area contributed by atoms with E-state index in [1.807, 2.05) is 42.2 Å². The van der Waals surface area contributed by atoms with Crippen LogP contribution in [0.3, 0.4) is 0 Å². The van der Waals surface area contributed by atoms with Gasteiger partial charge in [0, 0.05) is 61.5 Å². The van der Waals surface area contributed by atoms with Crippen LogP contribution in [-0.2, 0) is 27.2 Å². The fourth-order valence-electron chi connectivity index (χ4n) is 5.27. The second kappa shape index (κ2) is 20.0. The van der Waals surface area contributed by atoms with Gasteiger partial charge in [0.15, 0.2) is 0 Å². The fourth-order valence-corrected chi connectivity index (χ4v) is 5.27. The highest BCUT2D eigenvalue weighted by Gasteiger charge is 2.23. The maximum atomic E-state index is 13.2. The molecule has 1 aromatic heterocycles. The lowest BCUT2D eigenvalue weighted by atomic mass is 9.84. The Morgan fingerprint density at radius 2 is 1.78 bits per heavy atom. The maximum Gasteiger partial charge on any atom is 0.253 e. The molecule has 250 valence electrons. The van der Waals surface area contributed by atoms with Crippen molar-refractivity contribution in [3.8, 4) is 0 Å². The Morgan fingerprint density at radius 3 is 2.33 bits per heavy atom. The van der Waals surface area contributed by atoms with Gasteiger partial charge in [-0.25, -0.2) is 4.98 Å². The number of unbranched alkanes of at least 4 members (excludes halogenated alkanes) is 1. The topological polar surface area (TPSA) is 173 Å². The van der Waals surface area contributed by atoms with Crippen molar-refractivity contribution in [2.45, 2.75) is 66.2 Å². The molecule has 10 heteroatoms. The van der Waals surface area contributed by atoms with Crippen molar-refractivity contribution in [2.75, 3.05) is 45.1 Å². The van der Waals surface area contributed by atoms with Crippen LogP contribution in [-0.4, -0.2) is 67.3 Å². The number of anilines is 1. The van der Waals surface area contributed by atoms with E-state index in [4.69, 9.17) is 32.3 Å². The number of rotatable bonds is 9. The first kappa shape index (κ1) is 37.9. The minimum absolute atomic E-state index is 0.0227. The molecule has 8 N–H and O–H groups in total. The molecule has 2 aromatic rings. The molecule has 0 bridgehead atoms. The second-order valence-corrected chi connectivity index (χ2v) is 11.3. The van der Waals surface area contributed by atoms with E-state index in [1.54, 1.807) is 6.92 Å². The predicted octanol–water partition coefficient (Wildman–Crippen LogP) is 4.80. The number of aromatic nitrogens is 1. The molecule has 46 heavy (non-hydrogen) atoms. The lowest BCUT2D eigenvalue weighted by Crippen LogP contribution is -2.41. The molecule has 0 atom stereocenters.